The number of ether oxygens (including phenoxy) is 1. The predicted octanol–water partition coefficient (Wildman–Crippen LogP) is 1.10. The highest BCUT2D eigenvalue weighted by Crippen LogP contribution is 2.12. The van der Waals surface area contributed by atoms with E-state index in [1.165, 1.54) is 24.3 Å². The van der Waals surface area contributed by atoms with Crippen LogP contribution in [-0.2, 0) is 6.61 Å². The van der Waals surface area contributed by atoms with Crippen LogP contribution in [0.15, 0.2) is 24.3 Å². The van der Waals surface area contributed by atoms with E-state index in [0.29, 0.717) is 11.6 Å². The van der Waals surface area contributed by atoms with Gasteiger partial charge in [-0.15, -0.1) is 5.10 Å². The summed E-state index contributed by atoms with van der Waals surface area (Å²) in [4.78, 5) is 3.86. The van der Waals surface area contributed by atoms with Gasteiger partial charge in [-0.25, -0.2) is 4.39 Å². The lowest BCUT2D eigenvalue weighted by Gasteiger charge is -2.02. The number of rotatable bonds is 3. The molecule has 0 radical (unpaired) electrons. The zero-order valence-electron chi connectivity index (χ0n) is 7.77. The summed E-state index contributed by atoms with van der Waals surface area (Å²) < 4.78 is 17.9. The number of H-pyrrole nitrogens is 1. The molecule has 15 heavy (non-hydrogen) atoms. The van der Waals surface area contributed by atoms with E-state index in [4.69, 9.17) is 10.5 Å². The molecule has 0 amide bonds. The number of nitrogens with zero attached hydrogens (tertiary/aromatic N) is 2. The number of hydrogen-bond acceptors (Lipinski definition) is 4. The van der Waals surface area contributed by atoms with E-state index in [9.17, 15) is 4.39 Å². The quantitative estimate of drug-likeness (QED) is 0.791. The van der Waals surface area contributed by atoms with E-state index in [1.54, 1.807) is 0 Å². The summed E-state index contributed by atoms with van der Waals surface area (Å²) in [5, 5.41) is 6.25. The summed E-state index contributed by atoms with van der Waals surface area (Å²) in [5.74, 6) is 0.960. The Hall–Kier alpha value is -2.11. The van der Waals surface area contributed by atoms with Gasteiger partial charge in [0.25, 0.3) is 0 Å². The van der Waals surface area contributed by atoms with Crippen molar-refractivity contribution >= 4 is 5.95 Å². The van der Waals surface area contributed by atoms with Crippen molar-refractivity contribution in [2.75, 3.05) is 5.73 Å². The second kappa shape index (κ2) is 3.95. The molecule has 6 heteroatoms. The van der Waals surface area contributed by atoms with Gasteiger partial charge in [0.15, 0.2) is 5.82 Å². The topological polar surface area (TPSA) is 76.8 Å². The number of halogens is 1. The van der Waals surface area contributed by atoms with E-state index in [2.05, 4.69) is 15.2 Å². The Morgan fingerprint density at radius 3 is 2.67 bits per heavy atom. The number of nitrogens with two attached hydrogens (primary N) is 1. The first-order valence-corrected chi connectivity index (χ1v) is 4.29. The smallest absolute Gasteiger partial charge is 0.239 e. The van der Waals surface area contributed by atoms with E-state index in [1.807, 2.05) is 0 Å². The average molecular weight is 208 g/mol. The van der Waals surface area contributed by atoms with Crippen molar-refractivity contribution in [1.82, 2.24) is 15.2 Å². The monoisotopic (exact) mass is 208 g/mol. The zero-order valence-corrected chi connectivity index (χ0v) is 7.77. The molecule has 0 spiro atoms. The van der Waals surface area contributed by atoms with Crippen molar-refractivity contribution in [2.45, 2.75) is 6.61 Å². The Labute approximate surface area is 85.1 Å². The van der Waals surface area contributed by atoms with E-state index >= 15 is 0 Å². The van der Waals surface area contributed by atoms with Gasteiger partial charge in [-0.1, -0.05) is 0 Å². The molecule has 0 saturated carbocycles. The number of anilines is 1. The molecule has 0 atom stereocenters. The molecule has 1 aromatic heterocycles. The fourth-order valence-corrected chi connectivity index (χ4v) is 1.06. The molecular formula is C9H9FN4O. The molecule has 78 valence electrons. The summed E-state index contributed by atoms with van der Waals surface area (Å²) in [6, 6.07) is 5.72. The Bertz CT molecular complexity index is 440. The van der Waals surface area contributed by atoms with Crippen LogP contribution < -0.4 is 10.5 Å². The molecule has 0 saturated heterocycles. The third-order valence-corrected chi connectivity index (χ3v) is 1.74. The lowest BCUT2D eigenvalue weighted by molar-refractivity contribution is 0.296. The van der Waals surface area contributed by atoms with E-state index in [0.717, 1.165) is 0 Å². The van der Waals surface area contributed by atoms with Crippen molar-refractivity contribution in [1.29, 1.82) is 0 Å². The fourth-order valence-electron chi connectivity index (χ4n) is 1.06. The number of benzene rings is 1. The van der Waals surface area contributed by atoms with Gasteiger partial charge in [0, 0.05) is 0 Å². The number of aromatic amines is 1. The third-order valence-electron chi connectivity index (χ3n) is 1.74. The van der Waals surface area contributed by atoms with Crippen molar-refractivity contribution < 1.29 is 9.13 Å². The second-order valence-corrected chi connectivity index (χ2v) is 2.88. The van der Waals surface area contributed by atoms with E-state index in [-0.39, 0.29) is 18.4 Å². The number of aromatic nitrogens is 3. The second-order valence-electron chi connectivity index (χ2n) is 2.88. The van der Waals surface area contributed by atoms with Crippen molar-refractivity contribution in [2.24, 2.45) is 0 Å². The average Bonchev–Trinajstić information content (AvgIpc) is 2.64. The maximum absolute atomic E-state index is 12.6. The van der Waals surface area contributed by atoms with Crippen LogP contribution in [0.5, 0.6) is 5.75 Å². The van der Waals surface area contributed by atoms with Gasteiger partial charge in [-0.2, -0.15) is 4.98 Å². The van der Waals surface area contributed by atoms with Crippen LogP contribution in [0.1, 0.15) is 5.82 Å². The molecule has 0 aliphatic carbocycles. The van der Waals surface area contributed by atoms with Crippen molar-refractivity contribution in [3.8, 4) is 5.75 Å². The van der Waals surface area contributed by atoms with Crippen LogP contribution >= 0.6 is 0 Å². The van der Waals surface area contributed by atoms with Gasteiger partial charge in [-0.05, 0) is 24.3 Å². The molecule has 0 aliphatic heterocycles. The maximum atomic E-state index is 12.6. The molecule has 3 N–H and O–H groups in total. The van der Waals surface area contributed by atoms with E-state index < -0.39 is 0 Å². The maximum Gasteiger partial charge on any atom is 0.239 e. The summed E-state index contributed by atoms with van der Waals surface area (Å²) in [5.41, 5.74) is 5.31. The molecule has 1 heterocycles. The molecule has 1 aromatic carbocycles. The molecule has 2 rings (SSSR count). The van der Waals surface area contributed by atoms with Crippen LogP contribution in [0.25, 0.3) is 0 Å². The van der Waals surface area contributed by atoms with Gasteiger partial charge in [0.2, 0.25) is 5.95 Å². The Morgan fingerprint density at radius 1 is 1.33 bits per heavy atom. The molecule has 0 bridgehead atoms. The SMILES string of the molecule is Nc1n[nH]c(COc2ccc(F)cc2)n1. The molecule has 0 aliphatic rings. The summed E-state index contributed by atoms with van der Waals surface area (Å²) in [7, 11) is 0. The fraction of sp³-hybridized carbons (Fsp3) is 0.111. The lowest BCUT2D eigenvalue weighted by atomic mass is 10.3. The molecule has 0 unspecified atom stereocenters. The van der Waals surface area contributed by atoms with Crippen LogP contribution in [0.3, 0.4) is 0 Å². The molecule has 5 nitrogen and oxygen atoms in total. The van der Waals surface area contributed by atoms with Gasteiger partial charge >= 0.3 is 0 Å². The number of hydrogen-bond donors (Lipinski definition) is 2. The van der Waals surface area contributed by atoms with Crippen LogP contribution in [0.2, 0.25) is 0 Å². The number of nitrogen functional groups attached to an aromatic ring is 1. The number of nitrogens with one attached hydrogen (secondary N) is 1. The minimum absolute atomic E-state index is 0.174. The van der Waals surface area contributed by atoms with Gasteiger partial charge in [0.05, 0.1) is 0 Å². The summed E-state index contributed by atoms with van der Waals surface area (Å²) >= 11 is 0. The van der Waals surface area contributed by atoms with Gasteiger partial charge in [0.1, 0.15) is 18.2 Å². The largest absolute Gasteiger partial charge is 0.486 e. The Kier molecular flexibility index (Phi) is 2.49. The van der Waals surface area contributed by atoms with Gasteiger partial charge < -0.3 is 10.5 Å². The lowest BCUT2D eigenvalue weighted by Crippen LogP contribution is -1.97. The minimum Gasteiger partial charge on any atom is -0.486 e. The van der Waals surface area contributed by atoms with Crippen molar-refractivity contribution in [3.05, 3.63) is 35.9 Å². The van der Waals surface area contributed by atoms with Crippen molar-refractivity contribution in [3.63, 3.8) is 0 Å². The predicted molar refractivity (Wildman–Crippen MR) is 51.5 cm³/mol. The normalized spacial score (nSPS) is 10.2. The van der Waals surface area contributed by atoms with Gasteiger partial charge in [-0.3, -0.25) is 5.10 Å². The minimum atomic E-state index is -0.300. The third kappa shape index (κ3) is 2.43. The molecule has 0 fully saturated rings. The first kappa shape index (κ1) is 9.45. The molecular weight excluding hydrogens is 199 g/mol. The van der Waals surface area contributed by atoms with Crippen LogP contribution in [0, 0.1) is 5.82 Å². The standard InChI is InChI=1S/C9H9FN4O/c10-6-1-3-7(4-2-6)15-5-8-12-9(11)14-13-8/h1-4H,5H2,(H3,11,12,13,14). The highest BCUT2D eigenvalue weighted by atomic mass is 19.1. The Balaban J connectivity index is 1.96. The Morgan fingerprint density at radius 2 is 2.07 bits per heavy atom. The summed E-state index contributed by atoms with van der Waals surface area (Å²) in [6.45, 7) is 0.218. The highest BCUT2D eigenvalue weighted by molar-refractivity contribution is 5.22. The first-order valence-electron chi connectivity index (χ1n) is 4.29. The summed E-state index contributed by atoms with van der Waals surface area (Å²) in [6.07, 6.45) is 0. The molecule has 2 aromatic rings. The van der Waals surface area contributed by atoms with Crippen LogP contribution in [0.4, 0.5) is 10.3 Å². The highest BCUT2D eigenvalue weighted by Gasteiger charge is 2.00. The first-order chi connectivity index (χ1) is 7.24. The zero-order chi connectivity index (χ0) is 10.7. The van der Waals surface area contributed by atoms with Crippen LogP contribution in [-0.4, -0.2) is 15.2 Å².